The zero-order valence-electron chi connectivity index (χ0n) is 20.2. The highest BCUT2D eigenvalue weighted by atomic mass is 19.3. The molecule has 0 atom stereocenters. The molecule has 1 fully saturated rings. The van der Waals surface area contributed by atoms with Gasteiger partial charge in [-0.1, -0.05) is 0 Å². The molecular formula is C28H22F2N8. The predicted octanol–water partition coefficient (Wildman–Crippen LogP) is 5.47. The van der Waals surface area contributed by atoms with Crippen LogP contribution >= 0.6 is 0 Å². The van der Waals surface area contributed by atoms with E-state index in [2.05, 4.69) is 41.2 Å². The molecule has 0 aromatic carbocycles. The lowest BCUT2D eigenvalue weighted by Crippen LogP contribution is -2.24. The summed E-state index contributed by atoms with van der Waals surface area (Å²) in [5, 5.41) is 9.53. The number of hydrogen-bond donors (Lipinski definition) is 2. The molecule has 7 heterocycles. The van der Waals surface area contributed by atoms with E-state index in [9.17, 15) is 8.78 Å². The van der Waals surface area contributed by atoms with Crippen molar-refractivity contribution < 1.29 is 8.78 Å². The van der Waals surface area contributed by atoms with Gasteiger partial charge in [-0.05, 0) is 53.1 Å². The Kier molecular flexibility index (Phi) is 5.22. The SMILES string of the molecule is FC1(F)CCN(Cc2cncc(-c3cc4c(-c5cc6c(-c7ccncc7)ccnc6[nH]5)n[nH]c4cn3)c2)C1. The average Bonchev–Trinajstić information content (AvgIpc) is 3.64. The number of aromatic nitrogens is 7. The van der Waals surface area contributed by atoms with Crippen molar-refractivity contribution in [1.82, 2.24) is 40.0 Å². The van der Waals surface area contributed by atoms with E-state index < -0.39 is 5.92 Å². The van der Waals surface area contributed by atoms with Gasteiger partial charge in [-0.3, -0.25) is 25.0 Å². The second-order valence-corrected chi connectivity index (χ2v) is 9.63. The number of likely N-dealkylation sites (tertiary alicyclic amines) is 1. The minimum atomic E-state index is -2.62. The number of nitrogens with zero attached hydrogens (tertiary/aromatic N) is 6. The minimum Gasteiger partial charge on any atom is -0.338 e. The number of pyridine rings is 4. The van der Waals surface area contributed by atoms with Gasteiger partial charge in [0.15, 0.2) is 0 Å². The van der Waals surface area contributed by atoms with Crippen LogP contribution < -0.4 is 0 Å². The Balaban J connectivity index is 1.24. The third kappa shape index (κ3) is 4.08. The third-order valence-electron chi connectivity index (χ3n) is 6.97. The van der Waals surface area contributed by atoms with E-state index in [1.807, 2.05) is 30.3 Å². The monoisotopic (exact) mass is 508 g/mol. The summed E-state index contributed by atoms with van der Waals surface area (Å²) in [5.74, 6) is -2.62. The van der Waals surface area contributed by atoms with Gasteiger partial charge in [0.05, 0.1) is 29.6 Å². The Hall–Kier alpha value is -4.57. The Bertz CT molecular complexity index is 1780. The van der Waals surface area contributed by atoms with E-state index in [1.165, 1.54) is 0 Å². The van der Waals surface area contributed by atoms with Crippen molar-refractivity contribution in [2.75, 3.05) is 13.1 Å². The molecular weight excluding hydrogens is 486 g/mol. The molecule has 0 unspecified atom stereocenters. The van der Waals surface area contributed by atoms with Gasteiger partial charge < -0.3 is 4.98 Å². The molecule has 0 spiro atoms. The normalized spacial score (nSPS) is 15.5. The van der Waals surface area contributed by atoms with Crippen LogP contribution in [0.4, 0.5) is 8.78 Å². The van der Waals surface area contributed by atoms with Crippen molar-refractivity contribution in [3.63, 3.8) is 0 Å². The number of halogens is 2. The molecule has 1 aliphatic heterocycles. The van der Waals surface area contributed by atoms with Gasteiger partial charge in [0, 0.05) is 66.8 Å². The smallest absolute Gasteiger partial charge is 0.261 e. The van der Waals surface area contributed by atoms with Gasteiger partial charge in [-0.2, -0.15) is 5.10 Å². The number of H-pyrrole nitrogens is 2. The second kappa shape index (κ2) is 8.77. The summed E-state index contributed by atoms with van der Waals surface area (Å²) in [5.41, 5.74) is 7.69. The molecule has 1 aliphatic rings. The summed E-state index contributed by atoms with van der Waals surface area (Å²) >= 11 is 0. The first kappa shape index (κ1) is 22.6. The van der Waals surface area contributed by atoms with Crippen LogP contribution in [-0.4, -0.2) is 59.0 Å². The summed E-state index contributed by atoms with van der Waals surface area (Å²) in [4.78, 5) is 22.8. The maximum Gasteiger partial charge on any atom is 0.261 e. The van der Waals surface area contributed by atoms with Gasteiger partial charge in [0.25, 0.3) is 5.92 Å². The average molecular weight is 509 g/mol. The van der Waals surface area contributed by atoms with Crippen LogP contribution in [0.2, 0.25) is 0 Å². The standard InChI is InChI=1S/C28H22F2N8/c29-28(30)4-8-38(16-28)15-17-9-19(13-32-12-17)23-11-22-25(14-34-23)36-37-26(22)24-10-21-20(3-7-33-27(21)35-24)18-1-5-31-6-2-18/h1-3,5-7,9-14H,4,8,15-16H2,(H,33,35)(H,36,37). The molecule has 6 aromatic rings. The second-order valence-electron chi connectivity index (χ2n) is 9.63. The van der Waals surface area contributed by atoms with Crippen molar-refractivity contribution in [2.24, 2.45) is 0 Å². The molecule has 188 valence electrons. The number of rotatable bonds is 5. The highest BCUT2D eigenvalue weighted by Crippen LogP contribution is 2.34. The molecule has 8 nitrogen and oxygen atoms in total. The number of alkyl halides is 2. The molecule has 2 N–H and O–H groups in total. The summed E-state index contributed by atoms with van der Waals surface area (Å²) in [6.45, 7) is 0.585. The fraction of sp³-hybridized carbons (Fsp3) is 0.179. The van der Waals surface area contributed by atoms with E-state index in [4.69, 9.17) is 0 Å². The fourth-order valence-electron chi connectivity index (χ4n) is 5.13. The van der Waals surface area contributed by atoms with Crippen molar-refractivity contribution in [2.45, 2.75) is 18.9 Å². The first-order valence-electron chi connectivity index (χ1n) is 12.3. The molecule has 1 saturated heterocycles. The first-order valence-corrected chi connectivity index (χ1v) is 12.3. The van der Waals surface area contributed by atoms with Crippen molar-refractivity contribution in [3.8, 4) is 33.8 Å². The molecule has 6 aromatic heterocycles. The van der Waals surface area contributed by atoms with E-state index in [-0.39, 0.29) is 13.0 Å². The Morgan fingerprint density at radius 3 is 2.63 bits per heavy atom. The lowest BCUT2D eigenvalue weighted by atomic mass is 10.0. The summed E-state index contributed by atoms with van der Waals surface area (Å²) < 4.78 is 27.3. The van der Waals surface area contributed by atoms with Crippen LogP contribution in [0.25, 0.3) is 55.7 Å². The molecule has 10 heteroatoms. The maximum atomic E-state index is 13.6. The largest absolute Gasteiger partial charge is 0.338 e. The van der Waals surface area contributed by atoms with Crippen LogP contribution in [0, 0.1) is 0 Å². The van der Waals surface area contributed by atoms with E-state index in [0.717, 1.165) is 61.3 Å². The number of nitrogens with one attached hydrogen (secondary N) is 2. The molecule has 7 rings (SSSR count). The first-order chi connectivity index (χ1) is 18.5. The van der Waals surface area contributed by atoms with Crippen molar-refractivity contribution in [1.29, 1.82) is 0 Å². The number of hydrogen-bond acceptors (Lipinski definition) is 6. The third-order valence-corrected chi connectivity index (χ3v) is 6.97. The Morgan fingerprint density at radius 1 is 0.895 bits per heavy atom. The fourth-order valence-corrected chi connectivity index (χ4v) is 5.13. The van der Waals surface area contributed by atoms with Crippen LogP contribution in [0.15, 0.2) is 73.6 Å². The van der Waals surface area contributed by atoms with E-state index in [1.54, 1.807) is 42.1 Å². The topological polar surface area (TPSA) is 99.3 Å². The van der Waals surface area contributed by atoms with Crippen LogP contribution in [-0.2, 0) is 6.54 Å². The molecule has 0 bridgehead atoms. The predicted molar refractivity (Wildman–Crippen MR) is 140 cm³/mol. The van der Waals surface area contributed by atoms with Gasteiger partial charge in [-0.25, -0.2) is 13.8 Å². The molecule has 0 radical (unpaired) electrons. The molecule has 0 amide bonds. The van der Waals surface area contributed by atoms with Crippen LogP contribution in [0.1, 0.15) is 12.0 Å². The van der Waals surface area contributed by atoms with E-state index >= 15 is 0 Å². The zero-order chi connectivity index (χ0) is 25.7. The molecule has 0 saturated carbocycles. The number of aromatic amines is 2. The highest BCUT2D eigenvalue weighted by molar-refractivity contribution is 6.00. The van der Waals surface area contributed by atoms with Gasteiger partial charge in [-0.15, -0.1) is 0 Å². The summed E-state index contributed by atoms with van der Waals surface area (Å²) in [6.07, 6.45) is 10.4. The molecule has 38 heavy (non-hydrogen) atoms. The summed E-state index contributed by atoms with van der Waals surface area (Å²) in [7, 11) is 0. The highest BCUT2D eigenvalue weighted by Gasteiger charge is 2.37. The van der Waals surface area contributed by atoms with Crippen molar-refractivity contribution in [3.05, 3.63) is 79.1 Å². The van der Waals surface area contributed by atoms with Gasteiger partial charge in [0.2, 0.25) is 0 Å². The maximum absolute atomic E-state index is 13.6. The zero-order valence-corrected chi connectivity index (χ0v) is 20.2. The Morgan fingerprint density at radius 2 is 1.79 bits per heavy atom. The van der Waals surface area contributed by atoms with Gasteiger partial charge in [0.1, 0.15) is 11.3 Å². The van der Waals surface area contributed by atoms with Gasteiger partial charge >= 0.3 is 0 Å². The molecule has 0 aliphatic carbocycles. The summed E-state index contributed by atoms with van der Waals surface area (Å²) in [6, 6.07) is 11.9. The minimum absolute atomic E-state index is 0.102. The van der Waals surface area contributed by atoms with Crippen LogP contribution in [0.5, 0.6) is 0 Å². The number of fused-ring (bicyclic) bond motifs is 2. The quantitative estimate of drug-likeness (QED) is 0.321. The Labute approximate surface area is 215 Å². The lowest BCUT2D eigenvalue weighted by molar-refractivity contribution is 0.0115. The van der Waals surface area contributed by atoms with Crippen molar-refractivity contribution >= 4 is 21.9 Å². The van der Waals surface area contributed by atoms with Crippen LogP contribution in [0.3, 0.4) is 0 Å². The lowest BCUT2D eigenvalue weighted by Gasteiger charge is -2.15. The van der Waals surface area contributed by atoms with E-state index in [0.29, 0.717) is 13.1 Å².